The van der Waals surface area contributed by atoms with Crippen LogP contribution >= 0.6 is 0 Å². The first-order chi connectivity index (χ1) is 21.8. The zero-order chi connectivity index (χ0) is 29.3. The molecule has 0 aliphatic carbocycles. The van der Waals surface area contributed by atoms with Gasteiger partial charge >= 0.3 is 0 Å². The van der Waals surface area contributed by atoms with E-state index in [1.807, 2.05) is 42.5 Å². The van der Waals surface area contributed by atoms with Gasteiger partial charge in [-0.1, -0.05) is 97.1 Å². The molecule has 0 aliphatic heterocycles. The molecule has 4 aromatic carbocycles. The second-order valence-corrected chi connectivity index (χ2v) is 10.6. The minimum atomic E-state index is 0.614. The zero-order valence-electron chi connectivity index (χ0n) is 23.7. The lowest BCUT2D eigenvalue weighted by Crippen LogP contribution is -1.97. The third-order valence-corrected chi connectivity index (χ3v) is 7.80. The largest absolute Gasteiger partial charge is 0.255 e. The van der Waals surface area contributed by atoms with E-state index >= 15 is 0 Å². The predicted molar refractivity (Wildman–Crippen MR) is 178 cm³/mol. The summed E-state index contributed by atoms with van der Waals surface area (Å²) in [6, 6.07) is 47.4. The summed E-state index contributed by atoms with van der Waals surface area (Å²) in [4.78, 5) is 24.0. The molecule has 5 heteroatoms. The van der Waals surface area contributed by atoms with Crippen molar-refractivity contribution in [2.24, 2.45) is 0 Å². The molecule has 0 radical (unpaired) electrons. The van der Waals surface area contributed by atoms with E-state index < -0.39 is 0 Å². The molecule has 0 atom stereocenters. The fourth-order valence-corrected chi connectivity index (χ4v) is 5.66. The van der Waals surface area contributed by atoms with Gasteiger partial charge in [0.25, 0.3) is 0 Å². The molecule has 0 bridgehead atoms. The van der Waals surface area contributed by atoms with E-state index in [2.05, 4.69) is 107 Å². The van der Waals surface area contributed by atoms with Crippen LogP contribution in [0.3, 0.4) is 0 Å². The van der Waals surface area contributed by atoms with Crippen molar-refractivity contribution in [2.75, 3.05) is 0 Å². The van der Waals surface area contributed by atoms with Gasteiger partial charge in [-0.05, 0) is 64.4 Å². The maximum absolute atomic E-state index is 5.14. The van der Waals surface area contributed by atoms with E-state index in [9.17, 15) is 0 Å². The van der Waals surface area contributed by atoms with E-state index in [4.69, 9.17) is 15.0 Å². The van der Waals surface area contributed by atoms with Gasteiger partial charge in [0.05, 0.1) is 34.0 Å². The third-order valence-electron chi connectivity index (χ3n) is 7.80. The quantitative estimate of drug-likeness (QED) is 0.195. The molecule has 4 heterocycles. The highest BCUT2D eigenvalue weighted by atomic mass is 14.9. The van der Waals surface area contributed by atoms with E-state index in [0.29, 0.717) is 5.82 Å². The molecule has 0 unspecified atom stereocenters. The molecule has 8 aromatic rings. The molecule has 8 rings (SSSR count). The van der Waals surface area contributed by atoms with Gasteiger partial charge in [0.2, 0.25) is 0 Å². The van der Waals surface area contributed by atoms with Gasteiger partial charge in [0.1, 0.15) is 0 Å². The summed E-state index contributed by atoms with van der Waals surface area (Å²) >= 11 is 0. The van der Waals surface area contributed by atoms with Crippen LogP contribution < -0.4 is 0 Å². The first-order valence-corrected chi connectivity index (χ1v) is 14.5. The molecule has 5 nitrogen and oxygen atoms in total. The molecule has 0 fully saturated rings. The van der Waals surface area contributed by atoms with Crippen LogP contribution in [-0.2, 0) is 0 Å². The lowest BCUT2D eigenvalue weighted by atomic mass is 9.94. The Morgan fingerprint density at radius 3 is 1.70 bits per heavy atom. The van der Waals surface area contributed by atoms with Crippen LogP contribution in [0.15, 0.2) is 152 Å². The molecule has 0 saturated heterocycles. The van der Waals surface area contributed by atoms with Crippen molar-refractivity contribution < 1.29 is 0 Å². The van der Waals surface area contributed by atoms with E-state index in [-0.39, 0.29) is 0 Å². The van der Waals surface area contributed by atoms with Crippen LogP contribution in [-0.4, -0.2) is 24.9 Å². The summed E-state index contributed by atoms with van der Waals surface area (Å²) in [5.74, 6) is 0.614. The topological polar surface area (TPSA) is 64.5 Å². The second kappa shape index (κ2) is 11.0. The van der Waals surface area contributed by atoms with Crippen molar-refractivity contribution in [1.82, 2.24) is 24.9 Å². The highest BCUT2D eigenvalue weighted by Gasteiger charge is 2.15. The molecule has 4 aromatic heterocycles. The maximum Gasteiger partial charge on any atom is 0.160 e. The maximum atomic E-state index is 5.14. The smallest absolute Gasteiger partial charge is 0.160 e. The number of fused-ring (bicyclic) bond motifs is 3. The molecule has 0 N–H and O–H groups in total. The lowest BCUT2D eigenvalue weighted by Gasteiger charge is -2.13. The van der Waals surface area contributed by atoms with Gasteiger partial charge in [-0.3, -0.25) is 9.97 Å². The Kier molecular flexibility index (Phi) is 6.39. The Labute approximate surface area is 254 Å². The van der Waals surface area contributed by atoms with Gasteiger partial charge in [0.15, 0.2) is 5.82 Å². The van der Waals surface area contributed by atoms with Crippen molar-refractivity contribution in [1.29, 1.82) is 0 Å². The first kappa shape index (κ1) is 25.6. The van der Waals surface area contributed by atoms with Crippen LogP contribution in [0.25, 0.3) is 78.2 Å². The van der Waals surface area contributed by atoms with E-state index in [1.165, 1.54) is 10.8 Å². The number of rotatable bonds is 5. The minimum Gasteiger partial charge on any atom is -0.255 e. The predicted octanol–water partition coefficient (Wildman–Crippen LogP) is 9.30. The summed E-state index contributed by atoms with van der Waals surface area (Å²) in [5, 5.41) is 3.57. The fraction of sp³-hybridized carbons (Fsp3) is 0. The van der Waals surface area contributed by atoms with Crippen molar-refractivity contribution >= 4 is 21.7 Å². The second-order valence-electron chi connectivity index (χ2n) is 10.6. The van der Waals surface area contributed by atoms with Gasteiger partial charge in [-0.15, -0.1) is 0 Å². The molecule has 0 saturated carbocycles. The van der Waals surface area contributed by atoms with Gasteiger partial charge < -0.3 is 0 Å². The van der Waals surface area contributed by atoms with Gasteiger partial charge in [-0.2, -0.15) is 0 Å². The highest BCUT2D eigenvalue weighted by Crippen LogP contribution is 2.37. The normalized spacial score (nSPS) is 11.2. The van der Waals surface area contributed by atoms with Crippen molar-refractivity contribution in [3.8, 4) is 56.5 Å². The van der Waals surface area contributed by atoms with E-state index in [0.717, 1.165) is 61.6 Å². The summed E-state index contributed by atoms with van der Waals surface area (Å²) < 4.78 is 0. The number of benzene rings is 4. The van der Waals surface area contributed by atoms with Crippen LogP contribution in [0.1, 0.15) is 0 Å². The fourth-order valence-electron chi connectivity index (χ4n) is 5.66. The summed E-state index contributed by atoms with van der Waals surface area (Å²) in [5.41, 5.74) is 9.19. The van der Waals surface area contributed by atoms with E-state index in [1.54, 1.807) is 12.4 Å². The molecular formula is C39H25N5. The Morgan fingerprint density at radius 2 is 1.02 bits per heavy atom. The number of pyridine rings is 3. The molecule has 44 heavy (non-hydrogen) atoms. The Hall–Kier alpha value is -6.07. The average molecular weight is 564 g/mol. The van der Waals surface area contributed by atoms with Crippen molar-refractivity contribution in [3.05, 3.63) is 152 Å². The molecular weight excluding hydrogens is 538 g/mol. The molecule has 0 aliphatic rings. The van der Waals surface area contributed by atoms with Crippen molar-refractivity contribution in [3.63, 3.8) is 0 Å². The standard InChI is InChI=1S/C39H25N5/c1-2-10-26(11-3-1)31-24-35(42-34-21-20-27-12-4-5-13-30(27)38(31)34)28-16-18-29(19-17-28)39-43-36(32-14-6-8-22-40-32)25-37(44-39)33-15-7-9-23-41-33/h1-25H. The SMILES string of the molecule is c1ccc(-c2cc(-c3ccc(-c4nc(-c5ccccn5)cc(-c5ccccn5)n4)cc3)nc3ccc4ccccc4c23)cc1. The highest BCUT2D eigenvalue weighted by molar-refractivity contribution is 6.13. The van der Waals surface area contributed by atoms with Crippen LogP contribution in [0.2, 0.25) is 0 Å². The Morgan fingerprint density at radius 1 is 0.386 bits per heavy atom. The average Bonchev–Trinajstić information content (AvgIpc) is 3.12. The Bertz CT molecular complexity index is 2190. The van der Waals surface area contributed by atoms with Crippen LogP contribution in [0.5, 0.6) is 0 Å². The third kappa shape index (κ3) is 4.76. The minimum absolute atomic E-state index is 0.614. The summed E-state index contributed by atoms with van der Waals surface area (Å²) in [6.45, 7) is 0. The number of aromatic nitrogens is 5. The first-order valence-electron chi connectivity index (χ1n) is 14.5. The van der Waals surface area contributed by atoms with Crippen LogP contribution in [0.4, 0.5) is 0 Å². The number of hydrogen-bond acceptors (Lipinski definition) is 5. The van der Waals surface area contributed by atoms with Gasteiger partial charge in [-0.25, -0.2) is 15.0 Å². The lowest BCUT2D eigenvalue weighted by molar-refractivity contribution is 1.15. The number of nitrogens with zero attached hydrogens (tertiary/aromatic N) is 5. The molecule has 206 valence electrons. The monoisotopic (exact) mass is 563 g/mol. The summed E-state index contributed by atoms with van der Waals surface area (Å²) in [6.07, 6.45) is 3.55. The summed E-state index contributed by atoms with van der Waals surface area (Å²) in [7, 11) is 0. The molecule has 0 spiro atoms. The molecule has 0 amide bonds. The van der Waals surface area contributed by atoms with Crippen LogP contribution in [0, 0.1) is 0 Å². The van der Waals surface area contributed by atoms with Gasteiger partial charge in [0, 0.05) is 28.9 Å². The zero-order valence-corrected chi connectivity index (χ0v) is 23.7. The Balaban J connectivity index is 1.25. The van der Waals surface area contributed by atoms with Crippen molar-refractivity contribution in [2.45, 2.75) is 0 Å². The number of hydrogen-bond donors (Lipinski definition) is 0.